The molecule has 6 atom stereocenters. The van der Waals surface area contributed by atoms with Crippen LogP contribution in [0.1, 0.15) is 60.3 Å². The molecule has 0 amide bonds. The molecule has 0 aromatic heterocycles. The summed E-state index contributed by atoms with van der Waals surface area (Å²) in [6.45, 7) is 16.8. The third-order valence-electron chi connectivity index (χ3n) is 9.82. The Bertz CT molecular complexity index is 957. The van der Waals surface area contributed by atoms with Crippen molar-refractivity contribution in [1.29, 1.82) is 0 Å². The number of benzene rings is 1. The second-order valence-electron chi connectivity index (χ2n) is 13.1. The molecule has 0 unspecified atom stereocenters. The van der Waals surface area contributed by atoms with Crippen molar-refractivity contribution >= 4 is 39.5 Å². The molecule has 4 rings (SSSR count). The minimum atomic E-state index is -1.88. The topological polar surface area (TPSA) is 52.6 Å². The molecular weight excluding hydrogens is 507 g/mol. The standard InChI is InChI=1S/C28H42O4SeSi/c1-25(2,3)34(7,8)32-18-26(4)16-20-21(17-26)27(5)15-14-22(27)28(23(20)29,24(30)31-6)33-19-12-10-9-11-13-19/h9-13,20-22H,14-18H2,1-8H3/t20-,21+,22-,26+,27-,28-/m1/s1. The number of carbonyl (C=O) groups is 2. The average molecular weight is 550 g/mol. The van der Waals surface area contributed by atoms with E-state index in [-0.39, 0.29) is 54.4 Å². The monoisotopic (exact) mass is 550 g/mol. The van der Waals surface area contributed by atoms with Gasteiger partial charge >= 0.3 is 214 Å². The first-order chi connectivity index (χ1) is 15.7. The molecule has 3 saturated carbocycles. The second kappa shape index (κ2) is 8.57. The van der Waals surface area contributed by atoms with E-state index in [4.69, 9.17) is 9.16 Å². The number of hydrogen-bond donors (Lipinski definition) is 0. The Morgan fingerprint density at radius 3 is 2.32 bits per heavy atom. The molecule has 0 bridgehead atoms. The van der Waals surface area contributed by atoms with Crippen molar-refractivity contribution in [2.45, 2.75) is 82.7 Å². The zero-order valence-corrected chi connectivity index (χ0v) is 24.9. The van der Waals surface area contributed by atoms with Crippen LogP contribution in [0, 0.1) is 28.6 Å². The molecule has 4 nitrogen and oxygen atoms in total. The zero-order chi connectivity index (χ0) is 25.2. The van der Waals surface area contributed by atoms with E-state index in [0.29, 0.717) is 12.5 Å². The van der Waals surface area contributed by atoms with Gasteiger partial charge in [-0.1, -0.05) is 0 Å². The maximum absolute atomic E-state index is 14.4. The van der Waals surface area contributed by atoms with Crippen molar-refractivity contribution in [2.24, 2.45) is 28.6 Å². The number of ketones is 1. The summed E-state index contributed by atoms with van der Waals surface area (Å²) in [6.07, 6.45) is 3.86. The van der Waals surface area contributed by atoms with Crippen LogP contribution in [0.25, 0.3) is 0 Å². The van der Waals surface area contributed by atoms with Crippen LogP contribution in [-0.2, 0) is 18.8 Å². The molecule has 3 fully saturated rings. The van der Waals surface area contributed by atoms with E-state index >= 15 is 0 Å². The van der Waals surface area contributed by atoms with Gasteiger partial charge in [-0.25, -0.2) is 0 Å². The molecule has 188 valence electrons. The molecular formula is C28H42O4SeSi. The number of ether oxygens (including phenoxy) is 1. The van der Waals surface area contributed by atoms with Gasteiger partial charge in [-0.05, 0) is 0 Å². The van der Waals surface area contributed by atoms with Crippen molar-refractivity contribution in [3.05, 3.63) is 30.3 Å². The third kappa shape index (κ3) is 3.97. The van der Waals surface area contributed by atoms with Crippen LogP contribution in [0.4, 0.5) is 0 Å². The summed E-state index contributed by atoms with van der Waals surface area (Å²) in [5, 5.41) is 0.161. The van der Waals surface area contributed by atoms with Crippen molar-refractivity contribution in [3.63, 3.8) is 0 Å². The van der Waals surface area contributed by atoms with Gasteiger partial charge in [0.05, 0.1) is 0 Å². The summed E-state index contributed by atoms with van der Waals surface area (Å²) >= 11 is -0.299. The Hall–Kier alpha value is -0.944. The Labute approximate surface area is 213 Å². The van der Waals surface area contributed by atoms with Gasteiger partial charge in [-0.15, -0.1) is 0 Å². The Morgan fingerprint density at radius 2 is 1.79 bits per heavy atom. The van der Waals surface area contributed by atoms with E-state index in [9.17, 15) is 9.59 Å². The first kappa shape index (κ1) is 26.1. The number of carbonyl (C=O) groups excluding carboxylic acids is 2. The molecule has 0 radical (unpaired) electrons. The van der Waals surface area contributed by atoms with Crippen LogP contribution >= 0.6 is 0 Å². The third-order valence-corrected chi connectivity index (χ3v) is 17.4. The predicted octanol–water partition coefficient (Wildman–Crippen LogP) is 5.40. The predicted molar refractivity (Wildman–Crippen MR) is 140 cm³/mol. The maximum atomic E-state index is 14.4. The van der Waals surface area contributed by atoms with E-state index in [0.717, 1.165) is 30.1 Å². The molecule has 34 heavy (non-hydrogen) atoms. The summed E-state index contributed by atoms with van der Waals surface area (Å²) in [5.41, 5.74) is -0.0202. The van der Waals surface area contributed by atoms with E-state index in [1.54, 1.807) is 0 Å². The summed E-state index contributed by atoms with van der Waals surface area (Å²) in [7, 11) is -0.429. The Kier molecular flexibility index (Phi) is 6.59. The molecule has 6 heteroatoms. The van der Waals surface area contributed by atoms with Gasteiger partial charge in [0.1, 0.15) is 0 Å². The normalized spacial score (nSPS) is 37.5. The fourth-order valence-electron chi connectivity index (χ4n) is 6.62. The summed E-state index contributed by atoms with van der Waals surface area (Å²) < 4.78 is 12.2. The first-order valence-electron chi connectivity index (χ1n) is 12.7. The number of methoxy groups -OCH3 is 1. The number of esters is 1. The molecule has 3 aliphatic rings. The van der Waals surface area contributed by atoms with Crippen LogP contribution in [0.2, 0.25) is 22.4 Å². The van der Waals surface area contributed by atoms with Gasteiger partial charge in [0, 0.05) is 0 Å². The van der Waals surface area contributed by atoms with Crippen LogP contribution in [0.3, 0.4) is 0 Å². The van der Waals surface area contributed by atoms with Gasteiger partial charge in [0.15, 0.2) is 0 Å². The Morgan fingerprint density at radius 1 is 1.15 bits per heavy atom. The SMILES string of the molecule is COC(=O)[C@]1([Se]c2ccccc2)C(=O)[C@@H]2C[C@](C)(CO[Si](C)(C)C(C)(C)C)C[C@@H]2[C@@]2(C)CC[C@@H]12. The fraction of sp³-hybridized carbons (Fsp3) is 0.714. The quantitative estimate of drug-likeness (QED) is 0.271. The average Bonchev–Trinajstić information content (AvgIpc) is 3.12. The first-order valence-corrected chi connectivity index (χ1v) is 17.3. The van der Waals surface area contributed by atoms with Crippen LogP contribution < -0.4 is 4.46 Å². The number of fused-ring (bicyclic) bond motifs is 3. The molecule has 3 aliphatic carbocycles. The van der Waals surface area contributed by atoms with Crippen LogP contribution in [0.5, 0.6) is 0 Å². The summed E-state index contributed by atoms with van der Waals surface area (Å²) in [4.78, 5) is 27.9. The van der Waals surface area contributed by atoms with E-state index in [2.05, 4.69) is 59.8 Å². The molecule has 0 spiro atoms. The van der Waals surface area contributed by atoms with Gasteiger partial charge in [-0.3, -0.25) is 0 Å². The minimum absolute atomic E-state index is 0.0119. The van der Waals surface area contributed by atoms with Crippen molar-refractivity contribution in [2.75, 3.05) is 13.7 Å². The van der Waals surface area contributed by atoms with Crippen LogP contribution in [0.15, 0.2) is 30.3 Å². The van der Waals surface area contributed by atoms with Crippen molar-refractivity contribution < 1.29 is 18.8 Å². The van der Waals surface area contributed by atoms with E-state index < -0.39 is 12.6 Å². The zero-order valence-electron chi connectivity index (χ0n) is 22.2. The number of rotatable bonds is 6. The van der Waals surface area contributed by atoms with Gasteiger partial charge < -0.3 is 0 Å². The fourth-order valence-corrected chi connectivity index (χ4v) is 11.1. The van der Waals surface area contributed by atoms with Crippen LogP contribution in [-0.4, -0.2) is 48.7 Å². The number of hydrogen-bond acceptors (Lipinski definition) is 4. The molecule has 1 aromatic rings. The van der Waals surface area contributed by atoms with Crippen molar-refractivity contribution in [1.82, 2.24) is 0 Å². The Balaban J connectivity index is 1.67. The molecule has 0 heterocycles. The van der Waals surface area contributed by atoms with Gasteiger partial charge in [-0.2, -0.15) is 0 Å². The van der Waals surface area contributed by atoms with E-state index in [1.807, 2.05) is 18.2 Å². The molecule has 1 aromatic carbocycles. The summed E-state index contributed by atoms with van der Waals surface area (Å²) in [5.74, 6) is 0.175. The van der Waals surface area contributed by atoms with Gasteiger partial charge in [0.25, 0.3) is 0 Å². The van der Waals surface area contributed by atoms with Crippen molar-refractivity contribution in [3.8, 4) is 0 Å². The number of Topliss-reactive ketones (excluding diaryl/α,β-unsaturated/α-hetero) is 1. The van der Waals surface area contributed by atoms with Gasteiger partial charge in [0.2, 0.25) is 0 Å². The molecule has 0 saturated heterocycles. The second-order valence-corrected chi connectivity index (χ2v) is 20.7. The molecule has 0 N–H and O–H groups in total. The molecule has 0 aliphatic heterocycles. The van der Waals surface area contributed by atoms with E-state index in [1.165, 1.54) is 7.11 Å². The summed E-state index contributed by atoms with van der Waals surface area (Å²) in [6, 6.07) is 10.1.